The van der Waals surface area contributed by atoms with Crippen molar-refractivity contribution in [2.45, 2.75) is 57.9 Å². The normalized spacial score (nSPS) is 13.8. The number of nitrogens with two attached hydrogens (primary N) is 1. The summed E-state index contributed by atoms with van der Waals surface area (Å²) in [6.07, 6.45) is 6.85. The van der Waals surface area contributed by atoms with Crippen molar-refractivity contribution in [2.24, 2.45) is 5.73 Å². The van der Waals surface area contributed by atoms with Crippen LogP contribution in [-0.4, -0.2) is 24.4 Å². The lowest BCUT2D eigenvalue weighted by Gasteiger charge is -2.15. The second-order valence-corrected chi connectivity index (χ2v) is 8.25. The number of hydrogen-bond acceptors (Lipinski definition) is 4. The largest absolute Gasteiger partial charge is 0.393 e. The smallest absolute Gasteiger partial charge is 0.269 e. The Morgan fingerprint density at radius 2 is 1.69 bits per heavy atom. The van der Waals surface area contributed by atoms with Gasteiger partial charge in [-0.25, -0.2) is 0 Å². The molecular weight excluding hydrogens is 400 g/mol. The van der Waals surface area contributed by atoms with Gasteiger partial charge in [-0.05, 0) is 75.3 Å². The summed E-state index contributed by atoms with van der Waals surface area (Å²) in [4.78, 5) is 24.5. The van der Waals surface area contributed by atoms with Crippen LogP contribution in [0, 0.1) is 0 Å². The van der Waals surface area contributed by atoms with Crippen LogP contribution in [0.4, 0.5) is 5.69 Å². The van der Waals surface area contributed by atoms with Crippen molar-refractivity contribution in [1.29, 1.82) is 0 Å². The van der Waals surface area contributed by atoms with Gasteiger partial charge in [0.25, 0.3) is 11.8 Å². The maximum Gasteiger partial charge on any atom is 0.269 e. The molecule has 1 fully saturated rings. The van der Waals surface area contributed by atoms with Crippen LogP contribution in [-0.2, 0) is 11.2 Å². The lowest BCUT2D eigenvalue weighted by Crippen LogP contribution is -2.32. The molecule has 32 heavy (non-hydrogen) atoms. The van der Waals surface area contributed by atoms with Gasteiger partial charge in [-0.15, -0.1) is 0 Å². The highest BCUT2D eigenvalue weighted by atomic mass is 16.2. The molecule has 1 aliphatic rings. The SMILES string of the molecule is CCNC(=O)c1ccc(N/C(CCCCCc2ccccc2)=C(\N)C(=O)NC2CC2)cc1. The zero-order valence-corrected chi connectivity index (χ0v) is 18.8. The molecule has 2 amide bonds. The Hall–Kier alpha value is -3.28. The molecule has 6 nitrogen and oxygen atoms in total. The Morgan fingerprint density at radius 3 is 2.34 bits per heavy atom. The fourth-order valence-electron chi connectivity index (χ4n) is 3.49. The number of aryl methyl sites for hydroxylation is 1. The lowest BCUT2D eigenvalue weighted by atomic mass is 10.0. The maximum atomic E-state index is 12.5. The summed E-state index contributed by atoms with van der Waals surface area (Å²) < 4.78 is 0. The van der Waals surface area contributed by atoms with Gasteiger partial charge in [0, 0.05) is 29.5 Å². The van der Waals surface area contributed by atoms with Crippen LogP contribution in [0.25, 0.3) is 0 Å². The topological polar surface area (TPSA) is 96.2 Å². The van der Waals surface area contributed by atoms with Crippen LogP contribution < -0.4 is 21.7 Å². The van der Waals surface area contributed by atoms with Gasteiger partial charge < -0.3 is 21.7 Å². The molecule has 6 heteroatoms. The van der Waals surface area contributed by atoms with Gasteiger partial charge >= 0.3 is 0 Å². The number of anilines is 1. The Balaban J connectivity index is 1.60. The van der Waals surface area contributed by atoms with E-state index >= 15 is 0 Å². The number of unbranched alkanes of at least 4 members (excludes halogenated alkanes) is 2. The summed E-state index contributed by atoms with van der Waals surface area (Å²) in [6, 6.07) is 17.9. The van der Waals surface area contributed by atoms with E-state index < -0.39 is 0 Å². The number of allylic oxidation sites excluding steroid dienone is 1. The molecule has 2 aromatic carbocycles. The molecule has 0 saturated heterocycles. The Kier molecular flexibility index (Phi) is 8.72. The molecule has 2 aromatic rings. The van der Waals surface area contributed by atoms with Crippen molar-refractivity contribution in [2.75, 3.05) is 11.9 Å². The van der Waals surface area contributed by atoms with Crippen molar-refractivity contribution < 1.29 is 9.59 Å². The number of nitrogens with one attached hydrogen (secondary N) is 3. The summed E-state index contributed by atoms with van der Waals surface area (Å²) in [5.41, 5.74) is 9.97. The second kappa shape index (κ2) is 11.9. The number of amides is 2. The van der Waals surface area contributed by atoms with Crippen LogP contribution in [0.3, 0.4) is 0 Å². The van der Waals surface area contributed by atoms with Gasteiger partial charge in [-0.1, -0.05) is 36.8 Å². The van der Waals surface area contributed by atoms with Crippen molar-refractivity contribution >= 4 is 17.5 Å². The van der Waals surface area contributed by atoms with E-state index in [1.165, 1.54) is 5.56 Å². The van der Waals surface area contributed by atoms with E-state index in [2.05, 4.69) is 40.2 Å². The third-order valence-electron chi connectivity index (χ3n) is 5.50. The van der Waals surface area contributed by atoms with Crippen molar-refractivity contribution in [3.63, 3.8) is 0 Å². The first-order valence-electron chi connectivity index (χ1n) is 11.6. The first-order valence-corrected chi connectivity index (χ1v) is 11.6. The minimum absolute atomic E-state index is 0.100. The Bertz CT molecular complexity index is 919. The zero-order chi connectivity index (χ0) is 22.8. The van der Waals surface area contributed by atoms with E-state index in [0.717, 1.165) is 49.9 Å². The van der Waals surface area contributed by atoms with Gasteiger partial charge in [0.1, 0.15) is 5.70 Å². The Morgan fingerprint density at radius 1 is 0.969 bits per heavy atom. The highest BCUT2D eigenvalue weighted by molar-refractivity contribution is 5.95. The molecule has 0 spiro atoms. The minimum atomic E-state index is -0.210. The lowest BCUT2D eigenvalue weighted by molar-refractivity contribution is -0.117. The molecule has 1 saturated carbocycles. The van der Waals surface area contributed by atoms with Gasteiger partial charge in [0.15, 0.2) is 0 Å². The van der Waals surface area contributed by atoms with Gasteiger partial charge in [0.05, 0.1) is 0 Å². The molecular formula is C26H34N4O2. The standard InChI is InChI=1S/C26H34N4O2/c1-2-28-25(31)20-13-15-21(16-14-20)29-23(24(27)26(32)30-22-17-18-22)12-8-4-7-11-19-9-5-3-6-10-19/h3,5-6,9-10,13-16,22,29H,2,4,7-8,11-12,17-18,27H2,1H3,(H,28,31)(H,30,32)/b24-23-. The maximum absolute atomic E-state index is 12.5. The zero-order valence-electron chi connectivity index (χ0n) is 18.8. The number of benzene rings is 2. The molecule has 3 rings (SSSR count). The van der Waals surface area contributed by atoms with E-state index in [4.69, 9.17) is 5.73 Å². The van der Waals surface area contributed by atoms with E-state index in [1.54, 1.807) is 12.1 Å². The molecule has 0 atom stereocenters. The summed E-state index contributed by atoms with van der Waals surface area (Å²) >= 11 is 0. The molecule has 0 bridgehead atoms. The van der Waals surface area contributed by atoms with Crippen LogP contribution in [0.2, 0.25) is 0 Å². The van der Waals surface area contributed by atoms with Gasteiger partial charge in [-0.3, -0.25) is 9.59 Å². The number of carbonyl (C=O) groups excluding carboxylic acids is 2. The van der Waals surface area contributed by atoms with E-state index in [-0.39, 0.29) is 23.6 Å². The Labute approximate surface area is 190 Å². The molecule has 0 aromatic heterocycles. The first-order chi connectivity index (χ1) is 15.6. The highest BCUT2D eigenvalue weighted by Gasteiger charge is 2.25. The van der Waals surface area contributed by atoms with Crippen LogP contribution >= 0.6 is 0 Å². The minimum Gasteiger partial charge on any atom is -0.393 e. The average Bonchev–Trinajstić information content (AvgIpc) is 3.63. The number of rotatable bonds is 12. The highest BCUT2D eigenvalue weighted by Crippen LogP contribution is 2.21. The molecule has 0 aliphatic heterocycles. The quantitative estimate of drug-likeness (QED) is 0.299. The van der Waals surface area contributed by atoms with E-state index in [0.29, 0.717) is 18.5 Å². The van der Waals surface area contributed by atoms with Crippen LogP contribution in [0.15, 0.2) is 66.0 Å². The second-order valence-electron chi connectivity index (χ2n) is 8.25. The number of hydrogen-bond donors (Lipinski definition) is 4. The van der Waals surface area contributed by atoms with Gasteiger partial charge in [0.2, 0.25) is 0 Å². The molecule has 0 heterocycles. The fourth-order valence-corrected chi connectivity index (χ4v) is 3.49. The molecule has 1 aliphatic carbocycles. The third-order valence-corrected chi connectivity index (χ3v) is 5.50. The first kappa shape index (κ1) is 23.4. The third kappa shape index (κ3) is 7.45. The summed E-state index contributed by atoms with van der Waals surface area (Å²) in [6.45, 7) is 2.48. The monoisotopic (exact) mass is 434 g/mol. The summed E-state index contributed by atoms with van der Waals surface area (Å²) in [5.74, 6) is -0.310. The van der Waals surface area contributed by atoms with E-state index in [9.17, 15) is 9.59 Å². The molecule has 170 valence electrons. The van der Waals surface area contributed by atoms with Crippen molar-refractivity contribution in [1.82, 2.24) is 10.6 Å². The summed E-state index contributed by atoms with van der Waals surface area (Å²) in [5, 5.41) is 9.08. The van der Waals surface area contributed by atoms with E-state index in [1.807, 2.05) is 25.1 Å². The average molecular weight is 435 g/mol. The molecule has 0 unspecified atom stereocenters. The summed E-state index contributed by atoms with van der Waals surface area (Å²) in [7, 11) is 0. The van der Waals surface area contributed by atoms with Crippen molar-refractivity contribution in [3.8, 4) is 0 Å². The van der Waals surface area contributed by atoms with Crippen molar-refractivity contribution in [3.05, 3.63) is 77.1 Å². The molecule has 0 radical (unpaired) electrons. The predicted molar refractivity (Wildman–Crippen MR) is 129 cm³/mol. The molecule has 5 N–H and O–H groups in total. The number of carbonyl (C=O) groups is 2. The van der Waals surface area contributed by atoms with Gasteiger partial charge in [-0.2, -0.15) is 0 Å². The van der Waals surface area contributed by atoms with Crippen LogP contribution in [0.5, 0.6) is 0 Å². The fraction of sp³-hybridized carbons (Fsp3) is 0.385. The predicted octanol–water partition coefficient (Wildman–Crippen LogP) is 4.10. The van der Waals surface area contributed by atoms with Crippen LogP contribution in [0.1, 0.15) is 61.4 Å².